The normalized spacial score (nSPS) is 14.0. The van der Waals surface area contributed by atoms with Gasteiger partial charge in [0, 0.05) is 49.5 Å². The van der Waals surface area contributed by atoms with E-state index >= 15 is 0 Å². The standard InChI is InChI=1S/C24H31N3O2/c1-4-5-13-25-23(28)20-9-11-21(12-10-20)24(29)27-16-14-26(15-17-27)22-8-6-7-18(2)19(22)3/h6-12H,4-5,13-17H2,1-3H3,(H,25,28). The van der Waals surface area contributed by atoms with Gasteiger partial charge < -0.3 is 15.1 Å². The summed E-state index contributed by atoms with van der Waals surface area (Å²) in [6.45, 7) is 10.1. The van der Waals surface area contributed by atoms with Gasteiger partial charge in [-0.3, -0.25) is 9.59 Å². The number of anilines is 1. The Bertz CT molecular complexity index is 853. The van der Waals surface area contributed by atoms with E-state index in [1.54, 1.807) is 24.3 Å². The van der Waals surface area contributed by atoms with Crippen LogP contribution in [-0.4, -0.2) is 49.4 Å². The number of nitrogens with one attached hydrogen (secondary N) is 1. The van der Waals surface area contributed by atoms with Crippen LogP contribution in [0.3, 0.4) is 0 Å². The van der Waals surface area contributed by atoms with Crippen molar-refractivity contribution >= 4 is 17.5 Å². The van der Waals surface area contributed by atoms with E-state index in [9.17, 15) is 9.59 Å². The lowest BCUT2D eigenvalue weighted by Crippen LogP contribution is -2.49. The Balaban J connectivity index is 1.58. The lowest BCUT2D eigenvalue weighted by atomic mass is 10.1. The summed E-state index contributed by atoms with van der Waals surface area (Å²) < 4.78 is 0. The van der Waals surface area contributed by atoms with Gasteiger partial charge in [0.25, 0.3) is 11.8 Å². The molecular weight excluding hydrogens is 362 g/mol. The van der Waals surface area contributed by atoms with Crippen LogP contribution in [-0.2, 0) is 0 Å². The first-order valence-corrected chi connectivity index (χ1v) is 10.5. The molecule has 2 aromatic carbocycles. The number of aryl methyl sites for hydroxylation is 1. The van der Waals surface area contributed by atoms with Crippen LogP contribution in [0.2, 0.25) is 0 Å². The first-order valence-electron chi connectivity index (χ1n) is 10.5. The van der Waals surface area contributed by atoms with Crippen LogP contribution in [0.5, 0.6) is 0 Å². The average Bonchev–Trinajstić information content (AvgIpc) is 2.75. The monoisotopic (exact) mass is 393 g/mol. The van der Waals surface area contributed by atoms with E-state index in [0.717, 1.165) is 25.9 Å². The number of carbonyl (C=O) groups excluding carboxylic acids is 2. The number of hydrogen-bond donors (Lipinski definition) is 1. The fraction of sp³-hybridized carbons (Fsp3) is 0.417. The fourth-order valence-electron chi connectivity index (χ4n) is 3.66. The molecule has 1 fully saturated rings. The van der Waals surface area contributed by atoms with E-state index in [0.29, 0.717) is 30.8 Å². The topological polar surface area (TPSA) is 52.7 Å². The zero-order valence-electron chi connectivity index (χ0n) is 17.7. The highest BCUT2D eigenvalue weighted by atomic mass is 16.2. The summed E-state index contributed by atoms with van der Waals surface area (Å²) in [7, 11) is 0. The Hall–Kier alpha value is -2.82. The number of benzene rings is 2. The Kier molecular flexibility index (Phi) is 6.91. The van der Waals surface area contributed by atoms with E-state index < -0.39 is 0 Å². The molecule has 2 amide bonds. The smallest absolute Gasteiger partial charge is 0.253 e. The molecule has 1 saturated heterocycles. The number of carbonyl (C=O) groups is 2. The van der Waals surface area contributed by atoms with Crippen molar-refractivity contribution in [1.29, 1.82) is 0 Å². The van der Waals surface area contributed by atoms with E-state index in [-0.39, 0.29) is 11.8 Å². The minimum atomic E-state index is -0.0837. The van der Waals surface area contributed by atoms with Gasteiger partial charge in [-0.05, 0) is 61.7 Å². The zero-order chi connectivity index (χ0) is 20.8. The summed E-state index contributed by atoms with van der Waals surface area (Å²) in [5, 5.41) is 2.90. The zero-order valence-corrected chi connectivity index (χ0v) is 17.7. The van der Waals surface area contributed by atoms with Crippen molar-refractivity contribution in [2.75, 3.05) is 37.6 Å². The number of hydrogen-bond acceptors (Lipinski definition) is 3. The Morgan fingerprint density at radius 2 is 1.59 bits per heavy atom. The Labute approximate surface area is 173 Å². The molecule has 154 valence electrons. The van der Waals surface area contributed by atoms with Crippen LogP contribution in [0.1, 0.15) is 51.6 Å². The molecule has 0 saturated carbocycles. The van der Waals surface area contributed by atoms with Crippen LogP contribution in [0, 0.1) is 13.8 Å². The molecule has 3 rings (SSSR count). The molecule has 5 nitrogen and oxygen atoms in total. The number of rotatable bonds is 6. The Morgan fingerprint density at radius 1 is 0.931 bits per heavy atom. The summed E-state index contributed by atoms with van der Waals surface area (Å²) in [4.78, 5) is 29.2. The van der Waals surface area contributed by atoms with Gasteiger partial charge in [0.2, 0.25) is 0 Å². The first-order chi connectivity index (χ1) is 14.0. The maximum Gasteiger partial charge on any atom is 0.253 e. The lowest BCUT2D eigenvalue weighted by molar-refractivity contribution is 0.0746. The summed E-state index contributed by atoms with van der Waals surface area (Å²) >= 11 is 0. The molecule has 1 heterocycles. The molecule has 0 unspecified atom stereocenters. The highest BCUT2D eigenvalue weighted by Crippen LogP contribution is 2.24. The molecule has 0 aliphatic carbocycles. The number of unbranched alkanes of at least 4 members (excludes halogenated alkanes) is 1. The third-order valence-electron chi connectivity index (χ3n) is 5.69. The van der Waals surface area contributed by atoms with Crippen LogP contribution >= 0.6 is 0 Å². The van der Waals surface area contributed by atoms with Gasteiger partial charge in [-0.25, -0.2) is 0 Å². The van der Waals surface area contributed by atoms with Crippen LogP contribution in [0.4, 0.5) is 5.69 Å². The predicted octanol–water partition coefficient (Wildman–Crippen LogP) is 3.80. The third kappa shape index (κ3) is 4.97. The van der Waals surface area contributed by atoms with Crippen molar-refractivity contribution in [3.05, 3.63) is 64.7 Å². The van der Waals surface area contributed by atoms with Gasteiger partial charge in [0.05, 0.1) is 0 Å². The summed E-state index contributed by atoms with van der Waals surface area (Å²) in [6, 6.07) is 13.4. The lowest BCUT2D eigenvalue weighted by Gasteiger charge is -2.37. The molecule has 5 heteroatoms. The second kappa shape index (κ2) is 9.59. The molecule has 29 heavy (non-hydrogen) atoms. The van der Waals surface area contributed by atoms with Gasteiger partial charge in [0.1, 0.15) is 0 Å². The van der Waals surface area contributed by atoms with Crippen LogP contribution < -0.4 is 10.2 Å². The van der Waals surface area contributed by atoms with E-state index in [1.165, 1.54) is 16.8 Å². The van der Waals surface area contributed by atoms with Crippen molar-refractivity contribution in [2.45, 2.75) is 33.6 Å². The minimum Gasteiger partial charge on any atom is -0.368 e. The minimum absolute atomic E-state index is 0.0311. The highest BCUT2D eigenvalue weighted by molar-refractivity contribution is 5.97. The number of nitrogens with zero attached hydrogens (tertiary/aromatic N) is 2. The first kappa shape index (κ1) is 20.9. The Morgan fingerprint density at radius 3 is 2.24 bits per heavy atom. The van der Waals surface area contributed by atoms with Crippen molar-refractivity contribution in [2.24, 2.45) is 0 Å². The average molecular weight is 394 g/mol. The molecule has 0 radical (unpaired) electrons. The molecule has 0 atom stereocenters. The van der Waals surface area contributed by atoms with E-state index in [2.05, 4.69) is 49.2 Å². The molecule has 0 spiro atoms. The highest BCUT2D eigenvalue weighted by Gasteiger charge is 2.23. The molecular formula is C24H31N3O2. The van der Waals surface area contributed by atoms with Crippen LogP contribution in [0.15, 0.2) is 42.5 Å². The second-order valence-electron chi connectivity index (χ2n) is 7.69. The summed E-state index contributed by atoms with van der Waals surface area (Å²) in [5.41, 5.74) is 5.09. The number of amides is 2. The van der Waals surface area contributed by atoms with E-state index in [1.807, 2.05) is 4.90 Å². The quantitative estimate of drug-likeness (QED) is 0.760. The van der Waals surface area contributed by atoms with Crippen molar-refractivity contribution < 1.29 is 9.59 Å². The van der Waals surface area contributed by atoms with E-state index in [4.69, 9.17) is 0 Å². The molecule has 0 aromatic heterocycles. The summed E-state index contributed by atoms with van der Waals surface area (Å²) in [6.07, 6.45) is 2.01. The molecule has 1 aliphatic heterocycles. The molecule has 2 aromatic rings. The third-order valence-corrected chi connectivity index (χ3v) is 5.69. The van der Waals surface area contributed by atoms with Crippen molar-refractivity contribution in [3.63, 3.8) is 0 Å². The number of piperazine rings is 1. The molecule has 0 bridgehead atoms. The fourth-order valence-corrected chi connectivity index (χ4v) is 3.66. The maximum atomic E-state index is 12.9. The second-order valence-corrected chi connectivity index (χ2v) is 7.69. The molecule has 1 N–H and O–H groups in total. The van der Waals surface area contributed by atoms with Gasteiger partial charge in [-0.15, -0.1) is 0 Å². The van der Waals surface area contributed by atoms with Gasteiger partial charge in [-0.1, -0.05) is 25.5 Å². The predicted molar refractivity (Wildman–Crippen MR) is 118 cm³/mol. The maximum absolute atomic E-state index is 12.9. The van der Waals surface area contributed by atoms with Crippen molar-refractivity contribution in [3.8, 4) is 0 Å². The SMILES string of the molecule is CCCCNC(=O)c1ccc(C(=O)N2CCN(c3cccc(C)c3C)CC2)cc1. The van der Waals surface area contributed by atoms with Crippen molar-refractivity contribution in [1.82, 2.24) is 10.2 Å². The molecule has 1 aliphatic rings. The largest absolute Gasteiger partial charge is 0.368 e. The van der Waals surface area contributed by atoms with Gasteiger partial charge in [0.15, 0.2) is 0 Å². The summed E-state index contributed by atoms with van der Waals surface area (Å²) in [5.74, 6) is -0.0526. The van der Waals surface area contributed by atoms with Gasteiger partial charge in [-0.2, -0.15) is 0 Å². The van der Waals surface area contributed by atoms with Gasteiger partial charge >= 0.3 is 0 Å². The van der Waals surface area contributed by atoms with Crippen LogP contribution in [0.25, 0.3) is 0 Å².